The number of halogens is 3. The Hall–Kier alpha value is -3.87. The summed E-state index contributed by atoms with van der Waals surface area (Å²) in [6.45, 7) is -2.22. The van der Waals surface area contributed by atoms with Gasteiger partial charge in [-0.1, -0.05) is 30.3 Å². The summed E-state index contributed by atoms with van der Waals surface area (Å²) in [7, 11) is -2.34. The van der Waals surface area contributed by atoms with Gasteiger partial charge in [-0.3, -0.25) is 14.0 Å². The number of anilines is 5. The predicted molar refractivity (Wildman–Crippen MR) is 131 cm³/mol. The Bertz CT molecular complexity index is 1400. The molecule has 1 amide bonds. The Morgan fingerprint density at radius 2 is 1.92 bits per heavy atom. The lowest BCUT2D eigenvalue weighted by atomic mass is 10.1. The standard InChI is InChI=1S/C23H23F3N6O3S/c1-3-36(34,35)31(2)18-10-5-4-7-15(18)13-32(22(25)26)21-16(24)12-27-23(30-21)28-17-9-6-8-14-11-19(33)29-20(14)17/h4-10,12,22H,3,11,13H2,1-2H3,(H,29,33)(H,27,28,30). The largest absolute Gasteiger partial charge is 0.324 e. The number of hydrogen-bond acceptors (Lipinski definition) is 7. The lowest BCUT2D eigenvalue weighted by Crippen LogP contribution is -2.33. The van der Waals surface area contributed by atoms with Gasteiger partial charge in [-0.25, -0.2) is 17.8 Å². The number of nitrogens with zero attached hydrogens (tertiary/aromatic N) is 4. The molecular weight excluding hydrogens is 497 g/mol. The van der Waals surface area contributed by atoms with Gasteiger partial charge in [0.05, 0.1) is 42.0 Å². The SMILES string of the molecule is CCS(=O)(=O)N(C)c1ccccc1CN(c1nc(Nc2cccc3c2NC(=O)C3)ncc1F)C(F)F. The summed E-state index contributed by atoms with van der Waals surface area (Å²) in [5.74, 6) is -2.30. The van der Waals surface area contributed by atoms with Gasteiger partial charge in [0, 0.05) is 7.05 Å². The van der Waals surface area contributed by atoms with Gasteiger partial charge in [0.1, 0.15) is 0 Å². The molecule has 2 N–H and O–H groups in total. The number of aromatic nitrogens is 2. The van der Waals surface area contributed by atoms with Gasteiger partial charge in [-0.15, -0.1) is 0 Å². The molecule has 4 rings (SSSR count). The molecule has 0 unspecified atom stereocenters. The number of sulfonamides is 1. The van der Waals surface area contributed by atoms with E-state index in [1.165, 1.54) is 26.1 Å². The minimum absolute atomic E-state index is 0.162. The van der Waals surface area contributed by atoms with Crippen LogP contribution in [0.15, 0.2) is 48.7 Å². The molecule has 36 heavy (non-hydrogen) atoms. The number of rotatable bonds is 9. The maximum absolute atomic E-state index is 14.7. The molecule has 0 spiro atoms. The van der Waals surface area contributed by atoms with E-state index in [-0.39, 0.29) is 35.3 Å². The van der Waals surface area contributed by atoms with Crippen LogP contribution in [0.4, 0.5) is 42.0 Å². The number of benzene rings is 2. The molecule has 2 aromatic carbocycles. The summed E-state index contributed by atoms with van der Waals surface area (Å²) in [5.41, 5.74) is 2.10. The molecule has 190 valence electrons. The zero-order chi connectivity index (χ0) is 26.0. The van der Waals surface area contributed by atoms with Crippen molar-refractivity contribution in [2.75, 3.05) is 32.6 Å². The summed E-state index contributed by atoms with van der Waals surface area (Å²) < 4.78 is 68.8. The minimum Gasteiger partial charge on any atom is -0.324 e. The van der Waals surface area contributed by atoms with Crippen molar-refractivity contribution < 1.29 is 26.4 Å². The summed E-state index contributed by atoms with van der Waals surface area (Å²) in [6, 6.07) is 11.2. The van der Waals surface area contributed by atoms with E-state index in [2.05, 4.69) is 20.6 Å². The van der Waals surface area contributed by atoms with Crippen molar-refractivity contribution in [1.82, 2.24) is 9.97 Å². The Labute approximate surface area is 206 Å². The highest BCUT2D eigenvalue weighted by molar-refractivity contribution is 7.92. The van der Waals surface area contributed by atoms with E-state index in [1.807, 2.05) is 0 Å². The maximum Gasteiger partial charge on any atom is 0.316 e. The smallest absolute Gasteiger partial charge is 0.316 e. The molecule has 13 heteroatoms. The Morgan fingerprint density at radius 3 is 2.64 bits per heavy atom. The number of nitrogens with one attached hydrogen (secondary N) is 2. The molecule has 1 aliphatic rings. The lowest BCUT2D eigenvalue weighted by Gasteiger charge is -2.27. The third-order valence-electron chi connectivity index (χ3n) is 5.70. The Balaban J connectivity index is 1.67. The quantitative estimate of drug-likeness (QED) is 0.413. The average molecular weight is 521 g/mol. The van der Waals surface area contributed by atoms with Gasteiger partial charge in [-0.2, -0.15) is 13.8 Å². The van der Waals surface area contributed by atoms with Crippen LogP contribution in [-0.4, -0.2) is 43.6 Å². The summed E-state index contributed by atoms with van der Waals surface area (Å²) in [4.78, 5) is 20.0. The van der Waals surface area contributed by atoms with Crippen LogP contribution in [0.1, 0.15) is 18.1 Å². The van der Waals surface area contributed by atoms with Crippen molar-refractivity contribution in [2.45, 2.75) is 26.4 Å². The van der Waals surface area contributed by atoms with Gasteiger partial charge < -0.3 is 10.6 Å². The van der Waals surface area contributed by atoms with Crippen LogP contribution < -0.4 is 19.8 Å². The lowest BCUT2D eigenvalue weighted by molar-refractivity contribution is -0.115. The van der Waals surface area contributed by atoms with Crippen molar-refractivity contribution in [1.29, 1.82) is 0 Å². The first-order chi connectivity index (χ1) is 17.1. The van der Waals surface area contributed by atoms with E-state index in [0.29, 0.717) is 16.3 Å². The van der Waals surface area contributed by atoms with Crippen molar-refractivity contribution in [3.8, 4) is 0 Å². The molecule has 0 radical (unpaired) electrons. The van der Waals surface area contributed by atoms with Crippen LogP contribution in [0, 0.1) is 5.82 Å². The third-order valence-corrected chi connectivity index (χ3v) is 7.46. The molecule has 0 saturated carbocycles. The van der Waals surface area contributed by atoms with E-state index in [9.17, 15) is 26.4 Å². The van der Waals surface area contributed by atoms with Gasteiger partial charge in [0.2, 0.25) is 21.9 Å². The van der Waals surface area contributed by atoms with E-state index in [0.717, 1.165) is 16.1 Å². The fourth-order valence-corrected chi connectivity index (χ4v) is 4.68. The molecule has 0 saturated heterocycles. The van der Waals surface area contributed by atoms with Crippen LogP contribution in [0.5, 0.6) is 0 Å². The summed E-state index contributed by atoms with van der Waals surface area (Å²) in [6.07, 6.45) is 0.961. The second-order valence-electron chi connectivity index (χ2n) is 7.96. The monoisotopic (exact) mass is 520 g/mol. The number of hydrogen-bond donors (Lipinski definition) is 2. The molecule has 9 nitrogen and oxygen atoms in total. The van der Waals surface area contributed by atoms with Crippen molar-refractivity contribution in [3.05, 3.63) is 65.6 Å². The number of carbonyl (C=O) groups is 1. The predicted octanol–water partition coefficient (Wildman–Crippen LogP) is 3.87. The van der Waals surface area contributed by atoms with Gasteiger partial charge in [0.25, 0.3) is 0 Å². The van der Waals surface area contributed by atoms with Gasteiger partial charge in [-0.05, 0) is 30.2 Å². The number of amides is 1. The van der Waals surface area contributed by atoms with Crippen LogP contribution >= 0.6 is 0 Å². The fourth-order valence-electron chi connectivity index (χ4n) is 3.81. The van der Waals surface area contributed by atoms with Gasteiger partial charge >= 0.3 is 6.55 Å². The number of carbonyl (C=O) groups excluding carboxylic acids is 1. The first kappa shape index (κ1) is 25.2. The zero-order valence-corrected chi connectivity index (χ0v) is 20.2. The molecule has 0 aliphatic carbocycles. The molecule has 1 aliphatic heterocycles. The first-order valence-corrected chi connectivity index (χ1v) is 12.5. The molecular formula is C23H23F3N6O3S. The highest BCUT2D eigenvalue weighted by atomic mass is 32.2. The topological polar surface area (TPSA) is 108 Å². The van der Waals surface area contributed by atoms with E-state index in [4.69, 9.17) is 0 Å². The van der Waals surface area contributed by atoms with Crippen LogP contribution in [-0.2, 0) is 27.8 Å². The second kappa shape index (κ2) is 10.0. The summed E-state index contributed by atoms with van der Waals surface area (Å²) in [5, 5.41) is 5.55. The molecule has 2 heterocycles. The molecule has 0 bridgehead atoms. The highest BCUT2D eigenvalue weighted by Gasteiger charge is 2.27. The van der Waals surface area contributed by atoms with Crippen molar-refractivity contribution in [3.63, 3.8) is 0 Å². The van der Waals surface area contributed by atoms with E-state index in [1.54, 1.807) is 30.3 Å². The van der Waals surface area contributed by atoms with Gasteiger partial charge in [0.15, 0.2) is 11.6 Å². The van der Waals surface area contributed by atoms with Crippen molar-refractivity contribution >= 4 is 44.8 Å². The Kier molecular flexibility index (Phi) is 7.02. The molecule has 0 fully saturated rings. The maximum atomic E-state index is 14.7. The third kappa shape index (κ3) is 5.05. The summed E-state index contributed by atoms with van der Waals surface area (Å²) >= 11 is 0. The first-order valence-electron chi connectivity index (χ1n) is 10.9. The van der Waals surface area contributed by atoms with Crippen molar-refractivity contribution in [2.24, 2.45) is 0 Å². The average Bonchev–Trinajstić information content (AvgIpc) is 3.24. The van der Waals surface area contributed by atoms with E-state index >= 15 is 0 Å². The number of fused-ring (bicyclic) bond motifs is 1. The highest BCUT2D eigenvalue weighted by Crippen LogP contribution is 2.33. The Morgan fingerprint density at radius 1 is 1.17 bits per heavy atom. The fraction of sp³-hybridized carbons (Fsp3) is 0.261. The van der Waals surface area contributed by atoms with E-state index < -0.39 is 34.8 Å². The molecule has 1 aromatic heterocycles. The van der Waals surface area contributed by atoms with Crippen LogP contribution in [0.25, 0.3) is 0 Å². The number of para-hydroxylation sites is 2. The zero-order valence-electron chi connectivity index (χ0n) is 19.4. The van der Waals surface area contributed by atoms with Crippen LogP contribution in [0.2, 0.25) is 0 Å². The minimum atomic E-state index is -3.67. The van der Waals surface area contributed by atoms with Crippen LogP contribution in [0.3, 0.4) is 0 Å². The molecule has 0 atom stereocenters. The number of alkyl halides is 2. The second-order valence-corrected chi connectivity index (χ2v) is 10.2. The molecule has 3 aromatic rings. The normalized spacial score (nSPS) is 12.9.